The largest absolute Gasteiger partial charge is 0.437 e. The van der Waals surface area contributed by atoms with E-state index in [-0.39, 0.29) is 23.3 Å². The van der Waals surface area contributed by atoms with E-state index >= 15 is 0 Å². The number of amides is 2. The molecule has 0 radical (unpaired) electrons. The number of carbonyl (C=O) groups excluding carboxylic acids is 2. The Kier molecular flexibility index (Phi) is 7.11. The number of nitrogens with zero attached hydrogens (tertiary/aromatic N) is 4. The molecular weight excluding hydrogens is 467 g/mol. The molecule has 3 aromatic rings. The number of hydrogen-bond donors (Lipinski definition) is 2. The Bertz CT molecular complexity index is 1270. The molecule has 1 atom stereocenters. The lowest BCUT2D eigenvalue weighted by Gasteiger charge is -2.48. The van der Waals surface area contributed by atoms with Crippen LogP contribution in [0.5, 0.6) is 11.6 Å². The van der Waals surface area contributed by atoms with Crippen molar-refractivity contribution in [2.75, 3.05) is 25.0 Å². The average molecular weight is 495 g/mol. The molecule has 2 amide bonds. The Labute approximate surface area is 207 Å². The van der Waals surface area contributed by atoms with Crippen LogP contribution in [0.1, 0.15) is 31.1 Å². The number of halogens is 1. The minimum absolute atomic E-state index is 0.171. The Hall–Kier alpha value is -4.12. The first-order valence-electron chi connectivity index (χ1n) is 11.4. The maximum Gasteiger partial charge on any atom is 0.255 e. The zero-order valence-electron chi connectivity index (χ0n) is 20.2. The van der Waals surface area contributed by atoms with Gasteiger partial charge in [0.05, 0.1) is 29.5 Å². The van der Waals surface area contributed by atoms with Gasteiger partial charge in [-0.25, -0.2) is 14.4 Å². The van der Waals surface area contributed by atoms with Crippen LogP contribution in [-0.2, 0) is 4.79 Å². The first kappa shape index (κ1) is 25.0. The predicted molar refractivity (Wildman–Crippen MR) is 130 cm³/mol. The third-order valence-electron chi connectivity index (χ3n) is 6.05. The van der Waals surface area contributed by atoms with Gasteiger partial charge in [0.25, 0.3) is 5.91 Å². The first-order chi connectivity index (χ1) is 17.1. The lowest BCUT2D eigenvalue weighted by molar-refractivity contribution is -0.122. The minimum Gasteiger partial charge on any atom is -0.437 e. The third-order valence-corrected chi connectivity index (χ3v) is 6.05. The van der Waals surface area contributed by atoms with Crippen LogP contribution in [0.2, 0.25) is 0 Å². The molecule has 1 saturated heterocycles. The Morgan fingerprint density at radius 1 is 1.11 bits per heavy atom. The summed E-state index contributed by atoms with van der Waals surface area (Å²) >= 11 is 0. The first-order valence-corrected chi connectivity index (χ1v) is 11.4. The fraction of sp³-hybridized carbons (Fsp3) is 0.320. The number of piperazine rings is 1. The van der Waals surface area contributed by atoms with Gasteiger partial charge in [-0.2, -0.15) is 0 Å². The molecule has 36 heavy (non-hydrogen) atoms. The summed E-state index contributed by atoms with van der Waals surface area (Å²) in [5.74, 6) is 0.118. The van der Waals surface area contributed by atoms with E-state index in [1.54, 1.807) is 17.0 Å². The molecular formula is C25H27FN6O4. The van der Waals surface area contributed by atoms with Gasteiger partial charge in [0.2, 0.25) is 17.3 Å². The number of aromatic nitrogens is 3. The zero-order valence-corrected chi connectivity index (χ0v) is 20.2. The molecule has 2 N–H and O–H groups in total. The zero-order chi connectivity index (χ0) is 25.9. The van der Waals surface area contributed by atoms with E-state index in [1.165, 1.54) is 36.7 Å². The lowest BCUT2D eigenvalue weighted by Crippen LogP contribution is -2.63. The molecule has 1 aliphatic heterocycles. The molecule has 0 bridgehead atoms. The summed E-state index contributed by atoms with van der Waals surface area (Å²) in [7, 11) is 0. The van der Waals surface area contributed by atoms with Crippen LogP contribution in [0.25, 0.3) is 0 Å². The van der Waals surface area contributed by atoms with Crippen LogP contribution >= 0.6 is 0 Å². The topological polar surface area (TPSA) is 121 Å². The molecule has 1 aliphatic rings. The number of ether oxygens (including phenoxy) is 1. The average Bonchev–Trinajstić information content (AvgIpc) is 2.85. The number of nitrogens with one attached hydrogen (secondary N) is 2. The van der Waals surface area contributed by atoms with Crippen LogP contribution in [0, 0.1) is 5.82 Å². The van der Waals surface area contributed by atoms with Crippen molar-refractivity contribution < 1.29 is 18.7 Å². The molecule has 0 unspecified atom stereocenters. The quantitative estimate of drug-likeness (QED) is 0.541. The maximum atomic E-state index is 13.0. The van der Waals surface area contributed by atoms with Crippen LogP contribution < -0.4 is 15.6 Å². The van der Waals surface area contributed by atoms with Crippen molar-refractivity contribution in [3.63, 3.8) is 0 Å². The number of H-pyrrole nitrogens is 1. The van der Waals surface area contributed by atoms with Crippen LogP contribution in [0.4, 0.5) is 10.2 Å². The summed E-state index contributed by atoms with van der Waals surface area (Å²) < 4.78 is 18.5. The number of aromatic amines is 1. The Morgan fingerprint density at radius 3 is 2.53 bits per heavy atom. The smallest absolute Gasteiger partial charge is 0.255 e. The molecule has 188 valence electrons. The molecule has 4 rings (SSSR count). The fourth-order valence-electron chi connectivity index (χ4n) is 4.05. The van der Waals surface area contributed by atoms with Gasteiger partial charge in [-0.3, -0.25) is 19.3 Å². The van der Waals surface area contributed by atoms with Gasteiger partial charge in [-0.05, 0) is 45.0 Å². The van der Waals surface area contributed by atoms with Crippen molar-refractivity contribution in [2.45, 2.75) is 32.4 Å². The number of rotatable bonds is 6. The molecule has 4 heterocycles. The van der Waals surface area contributed by atoms with Gasteiger partial charge in [0, 0.05) is 38.0 Å². The summed E-state index contributed by atoms with van der Waals surface area (Å²) in [5, 5.41) is 2.80. The van der Waals surface area contributed by atoms with Gasteiger partial charge in [0.15, 0.2) is 0 Å². The van der Waals surface area contributed by atoms with E-state index in [2.05, 4.69) is 20.3 Å². The summed E-state index contributed by atoms with van der Waals surface area (Å²) in [6.07, 6.45) is 3.91. The normalized spacial score (nSPS) is 16.3. The van der Waals surface area contributed by atoms with Crippen molar-refractivity contribution in [1.29, 1.82) is 0 Å². The number of pyridine rings is 3. The highest BCUT2D eigenvalue weighted by molar-refractivity contribution is 5.95. The minimum atomic E-state index is -0.536. The molecule has 3 aromatic heterocycles. The highest BCUT2D eigenvalue weighted by Crippen LogP contribution is 2.25. The highest BCUT2D eigenvalue weighted by Gasteiger charge is 2.39. The fourth-order valence-corrected chi connectivity index (χ4v) is 4.05. The van der Waals surface area contributed by atoms with Crippen molar-refractivity contribution in [3.05, 3.63) is 76.7 Å². The van der Waals surface area contributed by atoms with Gasteiger partial charge >= 0.3 is 0 Å². The van der Waals surface area contributed by atoms with E-state index in [0.29, 0.717) is 36.8 Å². The SMILES string of the molecule is C[C@H](C(=O)Nc1ccc(Oc2ccc(F)cn2)cn1)N1CCN(C(=O)c2ccc(=O)[nH]c2)C(C)(C)C1. The second-order valence-corrected chi connectivity index (χ2v) is 9.14. The van der Waals surface area contributed by atoms with E-state index in [0.717, 1.165) is 6.20 Å². The standard InChI is InChI=1S/C25H27FN6O4/c1-16(23(34)30-20-7-6-19(14-27-20)36-22-9-5-18(26)13-29-22)31-10-11-32(25(2,3)15-31)24(35)17-4-8-21(33)28-12-17/h4-9,12-14,16H,10-11,15H2,1-3H3,(H,28,33)(H,27,30,34)/t16-/m1/s1. The van der Waals surface area contributed by atoms with Crippen molar-refractivity contribution in [3.8, 4) is 11.6 Å². The third kappa shape index (κ3) is 5.74. The van der Waals surface area contributed by atoms with E-state index in [9.17, 15) is 18.8 Å². The van der Waals surface area contributed by atoms with E-state index < -0.39 is 17.4 Å². The van der Waals surface area contributed by atoms with E-state index in [4.69, 9.17) is 4.74 Å². The molecule has 0 saturated carbocycles. The van der Waals surface area contributed by atoms with Gasteiger partial charge in [0.1, 0.15) is 17.4 Å². The number of anilines is 1. The van der Waals surface area contributed by atoms with Crippen LogP contribution in [0.3, 0.4) is 0 Å². The van der Waals surface area contributed by atoms with Gasteiger partial charge < -0.3 is 19.9 Å². The number of carbonyl (C=O) groups is 2. The summed E-state index contributed by atoms with van der Waals surface area (Å²) in [6, 6.07) is 8.26. The summed E-state index contributed by atoms with van der Waals surface area (Å²) in [6.45, 7) is 7.14. The summed E-state index contributed by atoms with van der Waals surface area (Å²) in [5.41, 5.74) is -0.390. The second kappa shape index (κ2) is 10.2. The molecule has 0 aromatic carbocycles. The molecule has 11 heteroatoms. The molecule has 1 fully saturated rings. The maximum absolute atomic E-state index is 13.0. The highest BCUT2D eigenvalue weighted by atomic mass is 19.1. The van der Waals surface area contributed by atoms with Crippen LogP contribution in [0.15, 0.2) is 59.8 Å². The summed E-state index contributed by atoms with van der Waals surface area (Å²) in [4.78, 5) is 51.6. The van der Waals surface area contributed by atoms with Gasteiger partial charge in [-0.15, -0.1) is 0 Å². The monoisotopic (exact) mass is 494 g/mol. The van der Waals surface area contributed by atoms with Crippen molar-refractivity contribution in [1.82, 2.24) is 24.8 Å². The lowest BCUT2D eigenvalue weighted by atomic mass is 9.96. The molecule has 10 nitrogen and oxygen atoms in total. The van der Waals surface area contributed by atoms with Crippen molar-refractivity contribution >= 4 is 17.6 Å². The number of hydrogen-bond acceptors (Lipinski definition) is 7. The van der Waals surface area contributed by atoms with E-state index in [1.807, 2.05) is 25.7 Å². The van der Waals surface area contributed by atoms with Gasteiger partial charge in [-0.1, -0.05) is 0 Å². The second-order valence-electron chi connectivity index (χ2n) is 9.14. The Balaban J connectivity index is 1.34. The van der Waals surface area contributed by atoms with Crippen LogP contribution in [-0.4, -0.2) is 67.8 Å². The Morgan fingerprint density at radius 2 is 1.92 bits per heavy atom. The molecule has 0 aliphatic carbocycles. The van der Waals surface area contributed by atoms with Crippen molar-refractivity contribution in [2.24, 2.45) is 0 Å². The molecule has 0 spiro atoms. The predicted octanol–water partition coefficient (Wildman–Crippen LogP) is 2.66.